The molecule has 0 N–H and O–H groups in total. The fraction of sp³-hybridized carbons (Fsp3) is 0.222. The molecule has 5 nitrogen and oxygen atoms in total. The van der Waals surface area contributed by atoms with Gasteiger partial charge in [0.1, 0.15) is 0 Å². The van der Waals surface area contributed by atoms with E-state index in [-0.39, 0.29) is 23.1 Å². The maximum Gasteiger partial charge on any atom is 0.261 e. The Morgan fingerprint density at radius 3 is 1.52 bits per heavy atom. The summed E-state index contributed by atoms with van der Waals surface area (Å²) in [6, 6.07) is 0. The van der Waals surface area contributed by atoms with Crippen LogP contribution < -0.4 is 0 Å². The lowest BCUT2D eigenvalue weighted by atomic mass is 9.99. The highest BCUT2D eigenvalue weighted by molar-refractivity contribution is 6.08. The maximum absolute atomic E-state index is 11.9. The normalized spacial score (nSPS) is 19.7. The Morgan fingerprint density at radius 1 is 0.696 bits per heavy atom. The number of methoxy groups -OCH3 is 3. The molecule has 5 heteroatoms. The summed E-state index contributed by atoms with van der Waals surface area (Å²) in [4.78, 5) is 23.7. The minimum atomic E-state index is -0.291. The Morgan fingerprint density at radius 2 is 1.09 bits per heavy atom. The van der Waals surface area contributed by atoms with Crippen molar-refractivity contribution < 1.29 is 23.8 Å². The summed E-state index contributed by atoms with van der Waals surface area (Å²) >= 11 is 0. The van der Waals surface area contributed by atoms with Crippen LogP contribution in [0.15, 0.2) is 70.5 Å². The number of carbonyl (C=O) groups excluding carboxylic acids is 2. The fourth-order valence-electron chi connectivity index (χ4n) is 2.21. The second-order valence-electron chi connectivity index (χ2n) is 4.96. The number of ketones is 2. The molecule has 2 aliphatic rings. The Labute approximate surface area is 134 Å². The number of carbonyl (C=O) groups is 2. The summed E-state index contributed by atoms with van der Waals surface area (Å²) in [5, 5.41) is 0. The van der Waals surface area contributed by atoms with Crippen LogP contribution in [0.3, 0.4) is 0 Å². The molecule has 0 bridgehead atoms. The third-order valence-electron chi connectivity index (χ3n) is 3.43. The van der Waals surface area contributed by atoms with Crippen molar-refractivity contribution in [3.05, 3.63) is 70.5 Å². The summed E-state index contributed by atoms with van der Waals surface area (Å²) in [6.45, 7) is 1.74. The Bertz CT molecular complexity index is 701. The zero-order valence-electron chi connectivity index (χ0n) is 13.5. The van der Waals surface area contributed by atoms with Crippen LogP contribution >= 0.6 is 0 Å². The third-order valence-corrected chi connectivity index (χ3v) is 3.43. The highest BCUT2D eigenvalue weighted by Crippen LogP contribution is 2.22. The van der Waals surface area contributed by atoms with Gasteiger partial charge in [0, 0.05) is 5.57 Å². The Hall–Kier alpha value is -2.82. The first-order chi connectivity index (χ1) is 11.0. The fourth-order valence-corrected chi connectivity index (χ4v) is 2.21. The molecule has 2 rings (SSSR count). The Kier molecular flexibility index (Phi) is 5.01. The van der Waals surface area contributed by atoms with Crippen molar-refractivity contribution >= 4 is 11.6 Å². The first-order valence-corrected chi connectivity index (χ1v) is 6.97. The largest absolute Gasteiger partial charge is 0.493 e. The smallest absolute Gasteiger partial charge is 0.261 e. The SMILES string of the molecule is COC1=C/C(=C\C=C2C=C(OC)C(=O)C(OC)=C2)C=C(C)C1=O. The van der Waals surface area contributed by atoms with Crippen LogP contribution in [-0.2, 0) is 23.8 Å². The third kappa shape index (κ3) is 3.51. The standard InChI is InChI=1S/C18H18O5/c1-11-7-12(8-14(21-2)17(11)19)5-6-13-9-15(22-3)18(20)16(10-13)23-4/h5-10H,1-4H3/b12-5-. The van der Waals surface area contributed by atoms with Crippen molar-refractivity contribution in [3.63, 3.8) is 0 Å². The van der Waals surface area contributed by atoms with Gasteiger partial charge in [-0.05, 0) is 42.4 Å². The predicted molar refractivity (Wildman–Crippen MR) is 85.2 cm³/mol. The van der Waals surface area contributed by atoms with E-state index in [0.717, 1.165) is 11.1 Å². The van der Waals surface area contributed by atoms with Crippen LogP contribution in [-0.4, -0.2) is 32.9 Å². The molecular weight excluding hydrogens is 296 g/mol. The van der Waals surface area contributed by atoms with Gasteiger partial charge in [-0.15, -0.1) is 0 Å². The quantitative estimate of drug-likeness (QED) is 0.798. The van der Waals surface area contributed by atoms with Crippen molar-refractivity contribution in [3.8, 4) is 0 Å². The molecule has 0 heterocycles. The molecule has 0 spiro atoms. The van der Waals surface area contributed by atoms with E-state index < -0.39 is 0 Å². The van der Waals surface area contributed by atoms with E-state index in [1.165, 1.54) is 21.3 Å². The number of hydrogen-bond acceptors (Lipinski definition) is 5. The van der Waals surface area contributed by atoms with Gasteiger partial charge < -0.3 is 14.2 Å². The van der Waals surface area contributed by atoms with Crippen molar-refractivity contribution in [1.29, 1.82) is 0 Å². The van der Waals surface area contributed by atoms with Gasteiger partial charge in [-0.3, -0.25) is 9.59 Å². The number of Topliss-reactive ketones (excluding diaryl/α,β-unsaturated/α-hetero) is 2. The van der Waals surface area contributed by atoms with Crippen molar-refractivity contribution in [2.24, 2.45) is 0 Å². The van der Waals surface area contributed by atoms with E-state index in [2.05, 4.69) is 0 Å². The molecule has 120 valence electrons. The first kappa shape index (κ1) is 16.5. The number of allylic oxidation sites excluding steroid dienone is 9. The average molecular weight is 314 g/mol. The summed E-state index contributed by atoms with van der Waals surface area (Å²) in [5.74, 6) is 0.319. The lowest BCUT2D eigenvalue weighted by Crippen LogP contribution is -2.13. The molecule has 0 aliphatic heterocycles. The molecular formula is C18H18O5. The number of rotatable bonds is 4. The van der Waals surface area contributed by atoms with Crippen molar-refractivity contribution in [2.75, 3.05) is 21.3 Å². The second-order valence-corrected chi connectivity index (χ2v) is 4.96. The molecule has 0 radical (unpaired) electrons. The maximum atomic E-state index is 11.9. The van der Waals surface area contributed by atoms with Crippen LogP contribution in [0, 0.1) is 0 Å². The van der Waals surface area contributed by atoms with Gasteiger partial charge in [0.05, 0.1) is 21.3 Å². The molecule has 0 aromatic rings. The molecule has 0 fully saturated rings. The van der Waals surface area contributed by atoms with E-state index in [1.54, 1.807) is 31.2 Å². The molecule has 2 aliphatic carbocycles. The summed E-state index contributed by atoms with van der Waals surface area (Å²) in [6.07, 6.45) is 10.3. The minimum Gasteiger partial charge on any atom is -0.493 e. The van der Waals surface area contributed by atoms with Crippen LogP contribution in [0.4, 0.5) is 0 Å². The van der Waals surface area contributed by atoms with Gasteiger partial charge in [-0.2, -0.15) is 0 Å². The number of ether oxygens (including phenoxy) is 3. The zero-order valence-corrected chi connectivity index (χ0v) is 13.5. The van der Waals surface area contributed by atoms with Crippen LogP contribution in [0.5, 0.6) is 0 Å². The molecule has 0 unspecified atom stereocenters. The molecule has 0 amide bonds. The first-order valence-electron chi connectivity index (χ1n) is 6.97. The Balaban J connectivity index is 2.37. The highest BCUT2D eigenvalue weighted by Gasteiger charge is 2.21. The highest BCUT2D eigenvalue weighted by atomic mass is 16.5. The molecule has 0 aromatic carbocycles. The minimum absolute atomic E-state index is 0.122. The molecule has 0 aromatic heterocycles. The summed E-state index contributed by atoms with van der Waals surface area (Å²) < 4.78 is 15.2. The molecule has 0 saturated heterocycles. The van der Waals surface area contributed by atoms with Crippen LogP contribution in [0.25, 0.3) is 0 Å². The van der Waals surface area contributed by atoms with E-state index in [4.69, 9.17) is 14.2 Å². The van der Waals surface area contributed by atoms with E-state index >= 15 is 0 Å². The topological polar surface area (TPSA) is 61.8 Å². The van der Waals surface area contributed by atoms with Gasteiger partial charge >= 0.3 is 0 Å². The van der Waals surface area contributed by atoms with Crippen molar-refractivity contribution in [2.45, 2.75) is 6.92 Å². The summed E-state index contributed by atoms with van der Waals surface area (Å²) in [7, 11) is 4.34. The average Bonchev–Trinajstić information content (AvgIpc) is 2.56. The molecule has 0 atom stereocenters. The van der Waals surface area contributed by atoms with Crippen LogP contribution in [0.2, 0.25) is 0 Å². The van der Waals surface area contributed by atoms with Gasteiger partial charge in [0.15, 0.2) is 17.3 Å². The summed E-state index contributed by atoms with van der Waals surface area (Å²) in [5.41, 5.74) is 2.18. The number of hydrogen-bond donors (Lipinski definition) is 0. The van der Waals surface area contributed by atoms with Gasteiger partial charge in [0.2, 0.25) is 5.78 Å². The van der Waals surface area contributed by atoms with E-state index in [9.17, 15) is 9.59 Å². The monoisotopic (exact) mass is 314 g/mol. The van der Waals surface area contributed by atoms with E-state index in [1.807, 2.05) is 12.2 Å². The second kappa shape index (κ2) is 6.96. The predicted octanol–water partition coefficient (Wildman–Crippen LogP) is 2.54. The van der Waals surface area contributed by atoms with Crippen molar-refractivity contribution in [1.82, 2.24) is 0 Å². The zero-order chi connectivity index (χ0) is 17.0. The molecule has 0 saturated carbocycles. The van der Waals surface area contributed by atoms with Crippen LogP contribution in [0.1, 0.15) is 6.92 Å². The van der Waals surface area contributed by atoms with Gasteiger partial charge in [-0.25, -0.2) is 0 Å². The van der Waals surface area contributed by atoms with E-state index in [0.29, 0.717) is 11.3 Å². The van der Waals surface area contributed by atoms with Gasteiger partial charge in [-0.1, -0.05) is 12.2 Å². The lowest BCUT2D eigenvalue weighted by molar-refractivity contribution is -0.118. The molecule has 23 heavy (non-hydrogen) atoms. The van der Waals surface area contributed by atoms with Gasteiger partial charge in [0.25, 0.3) is 5.78 Å². The lowest BCUT2D eigenvalue weighted by Gasteiger charge is -2.13.